The first kappa shape index (κ1) is 20.9. The Labute approximate surface area is 164 Å². The summed E-state index contributed by atoms with van der Waals surface area (Å²) in [6.45, 7) is 9.61. The third-order valence-electron chi connectivity index (χ3n) is 4.12. The van der Waals surface area contributed by atoms with Crippen LogP contribution >= 0.6 is 11.6 Å². The fourth-order valence-electron chi connectivity index (χ4n) is 2.88. The van der Waals surface area contributed by atoms with E-state index in [-0.39, 0.29) is 17.8 Å². The molecule has 0 heterocycles. The summed E-state index contributed by atoms with van der Waals surface area (Å²) in [4.78, 5) is 30.5. The minimum absolute atomic E-state index is 0.104. The molecule has 0 aromatic heterocycles. The highest BCUT2D eigenvalue weighted by molar-refractivity contribution is 6.30. The predicted octanol–water partition coefficient (Wildman–Crippen LogP) is 5.11. The summed E-state index contributed by atoms with van der Waals surface area (Å²) >= 11 is 5.87. The van der Waals surface area contributed by atoms with Gasteiger partial charge in [-0.2, -0.15) is 0 Å². The molecule has 0 N–H and O–H groups in total. The van der Waals surface area contributed by atoms with Crippen LogP contribution < -0.4 is 0 Å². The van der Waals surface area contributed by atoms with Gasteiger partial charge in [0.05, 0.1) is 16.8 Å². The second kappa shape index (κ2) is 9.00. The molecule has 1 aliphatic rings. The van der Waals surface area contributed by atoms with Crippen molar-refractivity contribution in [1.82, 2.24) is 0 Å². The van der Waals surface area contributed by atoms with Crippen molar-refractivity contribution in [2.45, 2.75) is 40.0 Å². The van der Waals surface area contributed by atoms with Crippen LogP contribution in [-0.2, 0) is 14.4 Å². The number of nitrogens with zero attached hydrogens (tertiary/aromatic N) is 1. The van der Waals surface area contributed by atoms with Gasteiger partial charge in [0.25, 0.3) is 0 Å². The van der Waals surface area contributed by atoms with E-state index >= 15 is 0 Å². The smallest absolute Gasteiger partial charge is 0.343 e. The van der Waals surface area contributed by atoms with E-state index in [1.165, 1.54) is 0 Å². The first-order chi connectivity index (χ1) is 12.8. The van der Waals surface area contributed by atoms with Crippen molar-refractivity contribution in [2.75, 3.05) is 6.61 Å². The third kappa shape index (κ3) is 5.54. The molecular weight excluding hydrogens is 366 g/mol. The summed E-state index contributed by atoms with van der Waals surface area (Å²) in [5.41, 5.74) is 0.858. The van der Waals surface area contributed by atoms with Gasteiger partial charge >= 0.3 is 5.97 Å². The molecule has 0 fully saturated rings. The summed E-state index contributed by atoms with van der Waals surface area (Å²) in [6.07, 6.45) is 2.85. The van der Waals surface area contributed by atoms with Gasteiger partial charge in [-0.3, -0.25) is 4.79 Å². The van der Waals surface area contributed by atoms with Crippen molar-refractivity contribution >= 4 is 29.1 Å². The summed E-state index contributed by atoms with van der Waals surface area (Å²) in [5, 5.41) is 4.58. The number of halogens is 1. The molecule has 27 heavy (non-hydrogen) atoms. The molecule has 1 aliphatic carbocycles. The Bertz CT molecular complexity index is 791. The van der Waals surface area contributed by atoms with E-state index in [0.717, 1.165) is 0 Å². The second-order valence-electron chi connectivity index (χ2n) is 7.11. The van der Waals surface area contributed by atoms with Crippen molar-refractivity contribution < 1.29 is 19.2 Å². The highest BCUT2D eigenvalue weighted by Gasteiger charge is 2.37. The zero-order valence-corrected chi connectivity index (χ0v) is 16.6. The molecule has 0 radical (unpaired) electrons. The van der Waals surface area contributed by atoms with Gasteiger partial charge in [-0.1, -0.05) is 50.2 Å². The Hall–Kier alpha value is -2.40. The maximum atomic E-state index is 12.8. The first-order valence-electron chi connectivity index (χ1n) is 8.81. The van der Waals surface area contributed by atoms with Gasteiger partial charge in [-0.25, -0.2) is 4.79 Å². The van der Waals surface area contributed by atoms with Crippen LogP contribution in [0, 0.1) is 5.41 Å². The topological polar surface area (TPSA) is 65.0 Å². The van der Waals surface area contributed by atoms with Gasteiger partial charge < -0.3 is 9.57 Å². The fraction of sp³-hybridized carbons (Fsp3) is 0.381. The van der Waals surface area contributed by atoms with Crippen LogP contribution in [0.2, 0.25) is 5.02 Å². The number of ether oxygens (including phenoxy) is 1. The third-order valence-corrected chi connectivity index (χ3v) is 4.37. The van der Waals surface area contributed by atoms with Crippen LogP contribution in [0.3, 0.4) is 0 Å². The van der Waals surface area contributed by atoms with Crippen LogP contribution in [0.4, 0.5) is 0 Å². The molecule has 0 saturated carbocycles. The lowest BCUT2D eigenvalue weighted by atomic mass is 9.75. The average Bonchev–Trinajstić information content (AvgIpc) is 2.59. The Morgan fingerprint density at radius 3 is 2.56 bits per heavy atom. The number of rotatable bonds is 7. The molecule has 0 bridgehead atoms. The summed E-state index contributed by atoms with van der Waals surface area (Å²) in [5.74, 6) is -0.306. The standard InChI is InChI=1S/C21H24ClNO4/c1-5-11-26-23-16(6-2)19-17(24)12-21(3,4)13-18(19)27-20(25)14-7-9-15(22)10-8-14/h5,7-10H,1,6,11-13H2,2-4H3. The lowest BCUT2D eigenvalue weighted by Crippen LogP contribution is -2.31. The van der Waals surface area contributed by atoms with Crippen LogP contribution in [0.25, 0.3) is 0 Å². The van der Waals surface area contributed by atoms with E-state index in [1.807, 2.05) is 20.8 Å². The first-order valence-corrected chi connectivity index (χ1v) is 9.19. The molecule has 1 aromatic rings. The SMILES string of the molecule is C=CCON=C(CC)C1=C(OC(=O)c2ccc(Cl)cc2)CC(C)(C)CC1=O. The zero-order valence-electron chi connectivity index (χ0n) is 15.9. The summed E-state index contributed by atoms with van der Waals surface area (Å²) in [7, 11) is 0. The normalized spacial score (nSPS) is 16.9. The number of ketones is 1. The van der Waals surface area contributed by atoms with Crippen molar-refractivity contribution in [1.29, 1.82) is 0 Å². The number of allylic oxidation sites excluding steroid dienone is 2. The van der Waals surface area contributed by atoms with E-state index in [4.69, 9.17) is 21.2 Å². The number of esters is 1. The van der Waals surface area contributed by atoms with Crippen molar-refractivity contribution in [3.05, 3.63) is 58.8 Å². The highest BCUT2D eigenvalue weighted by Crippen LogP contribution is 2.38. The van der Waals surface area contributed by atoms with E-state index in [9.17, 15) is 9.59 Å². The van der Waals surface area contributed by atoms with Gasteiger partial charge in [0, 0.05) is 17.9 Å². The van der Waals surface area contributed by atoms with Gasteiger partial charge in [0.15, 0.2) is 5.78 Å². The van der Waals surface area contributed by atoms with Crippen LogP contribution in [0.5, 0.6) is 0 Å². The molecule has 0 saturated heterocycles. The molecular formula is C21H24ClNO4. The molecule has 0 atom stereocenters. The number of hydrogen-bond donors (Lipinski definition) is 0. The summed E-state index contributed by atoms with van der Waals surface area (Å²) < 4.78 is 5.65. The number of carbonyl (C=O) groups is 2. The molecule has 5 nitrogen and oxygen atoms in total. The van der Waals surface area contributed by atoms with Crippen LogP contribution in [0.1, 0.15) is 50.4 Å². The van der Waals surface area contributed by atoms with E-state index in [1.54, 1.807) is 30.3 Å². The van der Waals surface area contributed by atoms with Crippen LogP contribution in [-0.4, -0.2) is 24.1 Å². The molecule has 0 spiro atoms. The van der Waals surface area contributed by atoms with Gasteiger partial charge in [-0.05, 0) is 36.1 Å². The number of hydrogen-bond acceptors (Lipinski definition) is 5. The van der Waals surface area contributed by atoms with Crippen molar-refractivity contribution in [2.24, 2.45) is 10.6 Å². The predicted molar refractivity (Wildman–Crippen MR) is 106 cm³/mol. The minimum Gasteiger partial charge on any atom is -0.427 e. The number of Topliss-reactive ketones (excluding diaryl/α,β-unsaturated/α-hetero) is 1. The Morgan fingerprint density at radius 1 is 1.30 bits per heavy atom. The Morgan fingerprint density at radius 2 is 1.96 bits per heavy atom. The lowest BCUT2D eigenvalue weighted by molar-refractivity contribution is -0.118. The van der Waals surface area contributed by atoms with Crippen molar-refractivity contribution in [3.8, 4) is 0 Å². The Kier molecular flexibility index (Phi) is 6.97. The molecule has 0 amide bonds. The van der Waals surface area contributed by atoms with Gasteiger partial charge in [0.2, 0.25) is 0 Å². The van der Waals surface area contributed by atoms with Crippen LogP contribution in [0.15, 0.2) is 53.4 Å². The maximum Gasteiger partial charge on any atom is 0.343 e. The average molecular weight is 390 g/mol. The molecule has 1 aromatic carbocycles. The monoisotopic (exact) mass is 389 g/mol. The number of benzene rings is 1. The second-order valence-corrected chi connectivity index (χ2v) is 7.55. The zero-order chi connectivity index (χ0) is 20.0. The maximum absolute atomic E-state index is 12.8. The molecule has 2 rings (SSSR count). The number of oxime groups is 1. The molecule has 6 heteroatoms. The molecule has 0 aliphatic heterocycles. The molecule has 0 unspecified atom stereocenters. The molecule has 144 valence electrons. The van der Waals surface area contributed by atoms with E-state index in [0.29, 0.717) is 46.9 Å². The van der Waals surface area contributed by atoms with Gasteiger partial charge in [0.1, 0.15) is 12.4 Å². The minimum atomic E-state index is -0.535. The lowest BCUT2D eigenvalue weighted by Gasteiger charge is -2.31. The van der Waals surface area contributed by atoms with Gasteiger partial charge in [-0.15, -0.1) is 0 Å². The fourth-order valence-corrected chi connectivity index (χ4v) is 3.01. The Balaban J connectivity index is 2.40. The quantitative estimate of drug-likeness (QED) is 0.214. The largest absolute Gasteiger partial charge is 0.427 e. The van der Waals surface area contributed by atoms with Crippen molar-refractivity contribution in [3.63, 3.8) is 0 Å². The highest BCUT2D eigenvalue weighted by atomic mass is 35.5. The van der Waals surface area contributed by atoms with E-state index in [2.05, 4.69) is 11.7 Å². The van der Waals surface area contributed by atoms with E-state index < -0.39 is 5.97 Å². The summed E-state index contributed by atoms with van der Waals surface area (Å²) in [6, 6.07) is 6.41. The number of carbonyl (C=O) groups excluding carboxylic acids is 2.